The Morgan fingerprint density at radius 3 is 2.57 bits per heavy atom. The minimum Gasteiger partial charge on any atom is -0.329 e. The zero-order chi connectivity index (χ0) is 15.6. The fourth-order valence-corrected chi connectivity index (χ4v) is 2.87. The quantitative estimate of drug-likeness (QED) is 0.646. The van der Waals surface area contributed by atoms with E-state index in [-0.39, 0.29) is 18.2 Å². The van der Waals surface area contributed by atoms with Crippen molar-refractivity contribution in [2.75, 3.05) is 33.7 Å². The Morgan fingerprint density at radius 1 is 1.24 bits per heavy atom. The van der Waals surface area contributed by atoms with Crippen molar-refractivity contribution in [2.45, 2.75) is 25.4 Å². The summed E-state index contributed by atoms with van der Waals surface area (Å²) >= 11 is 0. The summed E-state index contributed by atoms with van der Waals surface area (Å²) < 4.78 is 40.6. The smallest absolute Gasteiger partial charge is 0.194 e. The van der Waals surface area contributed by atoms with Gasteiger partial charge in [-0.25, -0.2) is 13.2 Å². The normalized spacial score (nSPS) is 18.5. The van der Waals surface area contributed by atoms with Crippen LogP contribution in [-0.4, -0.2) is 43.5 Å². The number of unbranched alkanes of at least 4 members (excludes halogenated alkanes) is 1. The van der Waals surface area contributed by atoms with Gasteiger partial charge in [0.15, 0.2) is 17.5 Å². The zero-order valence-electron chi connectivity index (χ0n) is 12.5. The van der Waals surface area contributed by atoms with E-state index in [1.165, 1.54) is 0 Å². The number of nitrogens with two attached hydrogens (primary N) is 1. The highest BCUT2D eigenvalue weighted by Gasteiger charge is 2.33. The zero-order valence-corrected chi connectivity index (χ0v) is 12.5. The van der Waals surface area contributed by atoms with E-state index in [0.717, 1.165) is 32.0 Å². The molecule has 1 atom stereocenters. The highest BCUT2D eigenvalue weighted by Crippen LogP contribution is 2.36. The summed E-state index contributed by atoms with van der Waals surface area (Å²) in [5.41, 5.74) is 6.48. The molecule has 0 bridgehead atoms. The molecule has 3 nitrogen and oxygen atoms in total. The van der Waals surface area contributed by atoms with Gasteiger partial charge in [-0.3, -0.25) is 4.90 Å². The van der Waals surface area contributed by atoms with E-state index in [2.05, 4.69) is 4.90 Å². The van der Waals surface area contributed by atoms with E-state index in [9.17, 15) is 13.2 Å². The first-order chi connectivity index (χ1) is 9.95. The summed E-state index contributed by atoms with van der Waals surface area (Å²) in [6.07, 6.45) is 1.96. The first kappa shape index (κ1) is 16.3. The van der Waals surface area contributed by atoms with Crippen molar-refractivity contribution in [3.8, 4) is 0 Å². The Kier molecular flexibility index (Phi) is 5.24. The number of hydrogen-bond acceptors (Lipinski definition) is 3. The molecule has 0 radical (unpaired) electrons. The van der Waals surface area contributed by atoms with Crippen molar-refractivity contribution in [2.24, 2.45) is 5.73 Å². The largest absolute Gasteiger partial charge is 0.329 e. The topological polar surface area (TPSA) is 32.5 Å². The molecule has 0 amide bonds. The second kappa shape index (κ2) is 6.77. The molecule has 1 heterocycles. The van der Waals surface area contributed by atoms with Gasteiger partial charge in [-0.15, -0.1) is 0 Å². The molecular weight excluding hydrogens is 279 g/mol. The van der Waals surface area contributed by atoms with Crippen LogP contribution >= 0.6 is 0 Å². The number of fused-ring (bicyclic) bond motifs is 1. The number of halogens is 3. The van der Waals surface area contributed by atoms with Gasteiger partial charge in [0.25, 0.3) is 0 Å². The van der Waals surface area contributed by atoms with Crippen LogP contribution in [-0.2, 0) is 6.54 Å². The first-order valence-corrected chi connectivity index (χ1v) is 7.20. The predicted molar refractivity (Wildman–Crippen MR) is 76.3 cm³/mol. The minimum absolute atomic E-state index is 0.232. The standard InChI is InChI=1S/C15H22F3N3/c1-20(2)5-3-4-6-21-9-11-10(13(21)8-19)7-12(16)15(18)14(11)17/h7,13H,3-6,8-9,19H2,1-2H3. The fraction of sp³-hybridized carbons (Fsp3) is 0.600. The van der Waals surface area contributed by atoms with E-state index in [1.807, 2.05) is 19.0 Å². The van der Waals surface area contributed by atoms with Crippen LogP contribution in [0.3, 0.4) is 0 Å². The molecule has 21 heavy (non-hydrogen) atoms. The van der Waals surface area contributed by atoms with Crippen molar-refractivity contribution in [3.05, 3.63) is 34.6 Å². The van der Waals surface area contributed by atoms with Crippen LogP contribution in [0, 0.1) is 17.5 Å². The molecule has 0 saturated heterocycles. The maximum atomic E-state index is 13.9. The second-order valence-corrected chi connectivity index (χ2v) is 5.79. The molecule has 0 saturated carbocycles. The van der Waals surface area contributed by atoms with E-state index in [1.54, 1.807) is 0 Å². The summed E-state index contributed by atoms with van der Waals surface area (Å²) in [7, 11) is 4.02. The van der Waals surface area contributed by atoms with Crippen LogP contribution in [0.2, 0.25) is 0 Å². The fourth-order valence-electron chi connectivity index (χ4n) is 2.87. The third kappa shape index (κ3) is 3.39. The van der Waals surface area contributed by atoms with Gasteiger partial charge in [0.2, 0.25) is 0 Å². The van der Waals surface area contributed by atoms with Crippen LogP contribution in [0.25, 0.3) is 0 Å². The Labute approximate surface area is 123 Å². The van der Waals surface area contributed by atoms with E-state index < -0.39 is 17.5 Å². The second-order valence-electron chi connectivity index (χ2n) is 5.79. The van der Waals surface area contributed by atoms with Crippen LogP contribution in [0.1, 0.15) is 30.0 Å². The Hall–Kier alpha value is -1.11. The lowest BCUT2D eigenvalue weighted by Crippen LogP contribution is -2.29. The molecule has 118 valence electrons. The van der Waals surface area contributed by atoms with E-state index in [4.69, 9.17) is 5.73 Å². The Balaban J connectivity index is 2.08. The molecule has 1 aromatic rings. The van der Waals surface area contributed by atoms with Gasteiger partial charge < -0.3 is 10.6 Å². The first-order valence-electron chi connectivity index (χ1n) is 7.20. The summed E-state index contributed by atoms with van der Waals surface area (Å²) in [5, 5.41) is 0. The number of benzene rings is 1. The van der Waals surface area contributed by atoms with Gasteiger partial charge in [0.1, 0.15) is 0 Å². The van der Waals surface area contributed by atoms with Crippen molar-refractivity contribution in [1.29, 1.82) is 0 Å². The molecule has 1 aromatic carbocycles. The van der Waals surface area contributed by atoms with Gasteiger partial charge in [-0.1, -0.05) is 0 Å². The molecule has 1 aliphatic rings. The highest BCUT2D eigenvalue weighted by atomic mass is 19.2. The molecule has 1 aliphatic heterocycles. The monoisotopic (exact) mass is 301 g/mol. The van der Waals surface area contributed by atoms with Gasteiger partial charge in [0, 0.05) is 24.7 Å². The molecule has 0 aliphatic carbocycles. The van der Waals surface area contributed by atoms with Crippen LogP contribution in [0.4, 0.5) is 13.2 Å². The third-order valence-electron chi connectivity index (χ3n) is 3.98. The summed E-state index contributed by atoms with van der Waals surface area (Å²) in [4.78, 5) is 4.10. The molecule has 2 rings (SSSR count). The van der Waals surface area contributed by atoms with Crippen molar-refractivity contribution in [3.63, 3.8) is 0 Å². The molecule has 0 aromatic heterocycles. The summed E-state index contributed by atoms with van der Waals surface area (Å²) in [6.45, 7) is 2.28. The van der Waals surface area contributed by atoms with Gasteiger partial charge in [0.05, 0.1) is 0 Å². The molecule has 1 unspecified atom stereocenters. The molecular formula is C15H22F3N3. The minimum atomic E-state index is -1.39. The average molecular weight is 301 g/mol. The van der Waals surface area contributed by atoms with E-state index >= 15 is 0 Å². The van der Waals surface area contributed by atoms with Gasteiger partial charge in [-0.2, -0.15) is 0 Å². The molecule has 0 spiro atoms. The summed E-state index contributed by atoms with van der Waals surface area (Å²) in [6, 6.07) is 0.856. The van der Waals surface area contributed by atoms with Crippen molar-refractivity contribution < 1.29 is 13.2 Å². The average Bonchev–Trinajstić information content (AvgIpc) is 2.78. The lowest BCUT2D eigenvalue weighted by Gasteiger charge is -2.24. The van der Waals surface area contributed by atoms with E-state index in [0.29, 0.717) is 12.1 Å². The Bertz CT molecular complexity index is 505. The maximum absolute atomic E-state index is 13.9. The van der Waals surface area contributed by atoms with Crippen molar-refractivity contribution in [1.82, 2.24) is 9.80 Å². The lowest BCUT2D eigenvalue weighted by molar-refractivity contribution is 0.211. The highest BCUT2D eigenvalue weighted by molar-refractivity contribution is 5.37. The molecule has 6 heteroatoms. The van der Waals surface area contributed by atoms with Gasteiger partial charge >= 0.3 is 0 Å². The van der Waals surface area contributed by atoms with Gasteiger partial charge in [-0.05, 0) is 51.7 Å². The van der Waals surface area contributed by atoms with Crippen molar-refractivity contribution >= 4 is 0 Å². The molecule has 0 fully saturated rings. The van der Waals surface area contributed by atoms with Crippen LogP contribution in [0.15, 0.2) is 6.07 Å². The van der Waals surface area contributed by atoms with Crippen LogP contribution < -0.4 is 5.73 Å². The molecule has 2 N–H and O–H groups in total. The number of hydrogen-bond donors (Lipinski definition) is 1. The lowest BCUT2D eigenvalue weighted by atomic mass is 10.0. The SMILES string of the molecule is CN(C)CCCCN1Cc2c(cc(F)c(F)c2F)C1CN. The third-order valence-corrected chi connectivity index (χ3v) is 3.98. The maximum Gasteiger partial charge on any atom is 0.194 e. The Morgan fingerprint density at radius 2 is 1.95 bits per heavy atom. The summed E-state index contributed by atoms with van der Waals surface area (Å²) in [5.74, 6) is -3.60. The predicted octanol–water partition coefficient (Wildman–Crippen LogP) is 2.26. The number of nitrogens with zero attached hydrogens (tertiary/aromatic N) is 2. The number of rotatable bonds is 6. The van der Waals surface area contributed by atoms with Crippen LogP contribution in [0.5, 0.6) is 0 Å².